The van der Waals surface area contributed by atoms with Crippen LogP contribution in [0.25, 0.3) is 0 Å². The van der Waals surface area contributed by atoms with Gasteiger partial charge in [0.05, 0.1) is 12.2 Å². The van der Waals surface area contributed by atoms with Crippen molar-refractivity contribution in [2.45, 2.75) is 19.8 Å². The second kappa shape index (κ2) is 7.80. The average molecular weight is 279 g/mol. The van der Waals surface area contributed by atoms with Crippen LogP contribution < -0.4 is 0 Å². The average Bonchev–Trinajstić information content (AvgIpc) is 2.42. The Morgan fingerprint density at radius 3 is 2.70 bits per heavy atom. The highest BCUT2D eigenvalue weighted by atomic mass is 19.1. The Kier molecular flexibility index (Phi) is 6.39. The zero-order valence-corrected chi connectivity index (χ0v) is 12.4. The highest BCUT2D eigenvalue weighted by molar-refractivity contribution is 5.94. The molecule has 0 aliphatic heterocycles. The number of hydrogen-bond donors (Lipinski definition) is 0. The Bertz CT molecular complexity index is 472. The van der Waals surface area contributed by atoms with Crippen molar-refractivity contribution in [3.8, 4) is 0 Å². The van der Waals surface area contributed by atoms with E-state index in [0.29, 0.717) is 19.7 Å². The monoisotopic (exact) mass is 279 g/mol. The van der Waals surface area contributed by atoms with Crippen LogP contribution in [0.5, 0.6) is 0 Å². The zero-order valence-electron chi connectivity index (χ0n) is 12.4. The van der Waals surface area contributed by atoms with Gasteiger partial charge in [-0.15, -0.1) is 6.58 Å². The van der Waals surface area contributed by atoms with Gasteiger partial charge >= 0.3 is 0 Å². The first-order chi connectivity index (χ1) is 9.51. The molecule has 20 heavy (non-hydrogen) atoms. The van der Waals surface area contributed by atoms with Gasteiger partial charge in [-0.3, -0.25) is 4.79 Å². The highest BCUT2D eigenvalue weighted by Gasteiger charge is 2.18. The molecule has 0 aliphatic rings. The van der Waals surface area contributed by atoms with E-state index in [1.54, 1.807) is 25.3 Å². The predicted octanol–water partition coefficient (Wildman–Crippen LogP) is 3.22. The van der Waals surface area contributed by atoms with Crippen LogP contribution >= 0.6 is 0 Å². The van der Waals surface area contributed by atoms with Gasteiger partial charge in [-0.1, -0.05) is 26.0 Å². The van der Waals surface area contributed by atoms with Crippen LogP contribution in [-0.4, -0.2) is 37.6 Å². The van der Waals surface area contributed by atoms with Crippen LogP contribution in [-0.2, 0) is 4.74 Å². The molecule has 3 nitrogen and oxygen atoms in total. The van der Waals surface area contributed by atoms with Crippen LogP contribution in [0.2, 0.25) is 0 Å². The lowest BCUT2D eigenvalue weighted by atomic mass is 10.0. The molecule has 0 radical (unpaired) electrons. The lowest BCUT2D eigenvalue weighted by Gasteiger charge is -2.21. The molecule has 0 saturated heterocycles. The van der Waals surface area contributed by atoms with Gasteiger partial charge in [0, 0.05) is 20.2 Å². The third kappa shape index (κ3) is 4.17. The van der Waals surface area contributed by atoms with E-state index in [9.17, 15) is 9.18 Å². The van der Waals surface area contributed by atoms with E-state index in [1.165, 1.54) is 11.0 Å². The van der Waals surface area contributed by atoms with E-state index >= 15 is 0 Å². The molecule has 0 atom stereocenters. The van der Waals surface area contributed by atoms with Crippen molar-refractivity contribution >= 4 is 5.91 Å². The number of carbonyl (C=O) groups excluding carboxylic acids is 1. The third-order valence-electron chi connectivity index (χ3n) is 3.09. The summed E-state index contributed by atoms with van der Waals surface area (Å²) in [5.74, 6) is -0.589. The summed E-state index contributed by atoms with van der Waals surface area (Å²) in [7, 11) is 1.56. The molecule has 0 saturated carbocycles. The molecule has 0 fully saturated rings. The normalized spacial score (nSPS) is 10.7. The van der Waals surface area contributed by atoms with Crippen LogP contribution in [0, 0.1) is 5.82 Å². The predicted molar refractivity (Wildman–Crippen MR) is 78.5 cm³/mol. The summed E-state index contributed by atoms with van der Waals surface area (Å²) in [4.78, 5) is 13.8. The summed E-state index contributed by atoms with van der Waals surface area (Å²) in [6.07, 6.45) is 1.62. The second-order valence-corrected chi connectivity index (χ2v) is 4.93. The Morgan fingerprint density at radius 2 is 2.20 bits per heavy atom. The maximum Gasteiger partial charge on any atom is 0.257 e. The summed E-state index contributed by atoms with van der Waals surface area (Å²) in [6, 6.07) is 4.78. The molecule has 0 bridgehead atoms. The van der Waals surface area contributed by atoms with Crippen molar-refractivity contribution < 1.29 is 13.9 Å². The van der Waals surface area contributed by atoms with Crippen LogP contribution in [0.15, 0.2) is 30.9 Å². The Labute approximate surface area is 120 Å². The minimum Gasteiger partial charge on any atom is -0.383 e. The van der Waals surface area contributed by atoms with Gasteiger partial charge in [-0.25, -0.2) is 4.39 Å². The first-order valence-corrected chi connectivity index (χ1v) is 6.69. The Morgan fingerprint density at radius 1 is 1.50 bits per heavy atom. The van der Waals surface area contributed by atoms with Crippen molar-refractivity contribution in [1.29, 1.82) is 0 Å². The zero-order chi connectivity index (χ0) is 15.1. The molecular weight excluding hydrogens is 257 g/mol. The molecule has 4 heteroatoms. The van der Waals surface area contributed by atoms with Gasteiger partial charge < -0.3 is 9.64 Å². The number of halogens is 1. The van der Waals surface area contributed by atoms with Crippen molar-refractivity contribution in [2.24, 2.45) is 0 Å². The minimum atomic E-state index is -0.479. The van der Waals surface area contributed by atoms with Gasteiger partial charge in [-0.2, -0.15) is 0 Å². The maximum absolute atomic E-state index is 14.1. The lowest BCUT2D eigenvalue weighted by molar-refractivity contribution is 0.0713. The van der Waals surface area contributed by atoms with Crippen LogP contribution in [0.1, 0.15) is 35.7 Å². The molecule has 0 spiro atoms. The number of nitrogens with zero attached hydrogens (tertiary/aromatic N) is 1. The largest absolute Gasteiger partial charge is 0.383 e. The van der Waals surface area contributed by atoms with Crippen molar-refractivity contribution in [1.82, 2.24) is 4.90 Å². The Hall–Kier alpha value is -1.68. The first-order valence-electron chi connectivity index (χ1n) is 6.69. The molecule has 0 unspecified atom stereocenters. The van der Waals surface area contributed by atoms with Crippen LogP contribution in [0.3, 0.4) is 0 Å². The van der Waals surface area contributed by atoms with Crippen molar-refractivity contribution in [3.63, 3.8) is 0 Å². The van der Waals surface area contributed by atoms with Crippen LogP contribution in [0.4, 0.5) is 4.39 Å². The summed E-state index contributed by atoms with van der Waals surface area (Å²) < 4.78 is 19.0. The molecule has 0 N–H and O–H groups in total. The van der Waals surface area contributed by atoms with E-state index < -0.39 is 5.82 Å². The quantitative estimate of drug-likeness (QED) is 0.717. The summed E-state index contributed by atoms with van der Waals surface area (Å²) in [5, 5.41) is 0. The minimum absolute atomic E-state index is 0.0901. The fourth-order valence-corrected chi connectivity index (χ4v) is 1.87. The highest BCUT2D eigenvalue weighted by Crippen LogP contribution is 2.19. The topological polar surface area (TPSA) is 29.5 Å². The van der Waals surface area contributed by atoms with Gasteiger partial charge in [0.15, 0.2) is 0 Å². The molecule has 110 valence electrons. The number of carbonyl (C=O) groups is 1. The lowest BCUT2D eigenvalue weighted by Crippen LogP contribution is -2.34. The standard InChI is InChI=1S/C16H22FNO2/c1-5-8-18(9-10-20-4)16(19)14-7-6-13(12(2)3)11-15(14)17/h5-7,11-12H,1,8-10H2,2-4H3. The number of benzene rings is 1. The number of methoxy groups -OCH3 is 1. The van der Waals surface area contributed by atoms with Crippen molar-refractivity contribution in [3.05, 3.63) is 47.8 Å². The molecule has 1 amide bonds. The second-order valence-electron chi connectivity index (χ2n) is 4.93. The van der Waals surface area contributed by atoms with Gasteiger partial charge in [0.25, 0.3) is 5.91 Å². The number of hydrogen-bond acceptors (Lipinski definition) is 2. The van der Waals surface area contributed by atoms with Gasteiger partial charge in [0.1, 0.15) is 5.82 Å². The summed E-state index contributed by atoms with van der Waals surface area (Å²) in [6.45, 7) is 8.77. The van der Waals surface area contributed by atoms with E-state index in [1.807, 2.05) is 13.8 Å². The molecule has 0 aromatic heterocycles. The maximum atomic E-state index is 14.1. The van der Waals surface area contributed by atoms with Gasteiger partial charge in [-0.05, 0) is 23.6 Å². The molecular formula is C16H22FNO2. The molecule has 1 aromatic carbocycles. The first kappa shape index (κ1) is 16.4. The fraction of sp³-hybridized carbons (Fsp3) is 0.438. The third-order valence-corrected chi connectivity index (χ3v) is 3.09. The molecule has 0 aliphatic carbocycles. The Balaban J connectivity index is 2.96. The van der Waals surface area contributed by atoms with E-state index in [4.69, 9.17) is 4.74 Å². The van der Waals surface area contributed by atoms with E-state index in [2.05, 4.69) is 6.58 Å². The number of ether oxygens (including phenoxy) is 1. The van der Waals surface area contributed by atoms with Crippen molar-refractivity contribution in [2.75, 3.05) is 26.8 Å². The molecule has 1 aromatic rings. The smallest absolute Gasteiger partial charge is 0.257 e. The summed E-state index contributed by atoms with van der Waals surface area (Å²) in [5.41, 5.74) is 0.971. The fourth-order valence-electron chi connectivity index (χ4n) is 1.87. The van der Waals surface area contributed by atoms with Gasteiger partial charge in [0.2, 0.25) is 0 Å². The summed E-state index contributed by atoms with van der Waals surface area (Å²) >= 11 is 0. The number of amides is 1. The number of rotatable bonds is 7. The molecule has 1 rings (SSSR count). The van der Waals surface area contributed by atoms with E-state index in [0.717, 1.165) is 5.56 Å². The van der Waals surface area contributed by atoms with E-state index in [-0.39, 0.29) is 17.4 Å². The molecule has 0 heterocycles. The SMILES string of the molecule is C=CCN(CCOC)C(=O)c1ccc(C(C)C)cc1F.